The lowest BCUT2D eigenvalue weighted by Crippen LogP contribution is -2.44. The predicted molar refractivity (Wildman–Crippen MR) is 67.9 cm³/mol. The van der Waals surface area contributed by atoms with Gasteiger partial charge in [-0.1, -0.05) is 22.5 Å². The number of halogens is 1. The summed E-state index contributed by atoms with van der Waals surface area (Å²) in [7, 11) is 1.25. The third-order valence-electron chi connectivity index (χ3n) is 1.60. The van der Waals surface area contributed by atoms with E-state index >= 15 is 0 Å². The molecule has 0 aliphatic heterocycles. The van der Waals surface area contributed by atoms with Crippen LogP contribution in [0.2, 0.25) is 0 Å². The number of esters is 1. The van der Waals surface area contributed by atoms with Gasteiger partial charge < -0.3 is 14.8 Å². The van der Waals surface area contributed by atoms with Gasteiger partial charge in [0.1, 0.15) is 11.6 Å². The van der Waals surface area contributed by atoms with E-state index in [4.69, 9.17) is 4.74 Å². The van der Waals surface area contributed by atoms with E-state index in [0.29, 0.717) is 4.48 Å². The molecular formula is C11H18BrNO4. The van der Waals surface area contributed by atoms with E-state index in [1.165, 1.54) is 7.11 Å². The van der Waals surface area contributed by atoms with Crippen molar-refractivity contribution >= 4 is 28.0 Å². The van der Waals surface area contributed by atoms with Gasteiger partial charge in [0.15, 0.2) is 0 Å². The Hall–Kier alpha value is -1.04. The zero-order chi connectivity index (χ0) is 13.6. The number of hydrogen-bond acceptors (Lipinski definition) is 4. The van der Waals surface area contributed by atoms with Crippen LogP contribution in [-0.4, -0.2) is 30.8 Å². The zero-order valence-electron chi connectivity index (χ0n) is 10.5. The molecule has 0 fully saturated rings. The number of hydrogen-bond donors (Lipinski definition) is 1. The molecule has 5 nitrogen and oxygen atoms in total. The van der Waals surface area contributed by atoms with E-state index < -0.39 is 23.7 Å². The molecule has 0 heterocycles. The number of alkyl carbamates (subject to hydrolysis) is 1. The van der Waals surface area contributed by atoms with Crippen LogP contribution < -0.4 is 5.32 Å². The minimum atomic E-state index is -0.804. The summed E-state index contributed by atoms with van der Waals surface area (Å²) in [4.78, 5) is 22.9. The Morgan fingerprint density at radius 2 is 1.94 bits per heavy atom. The minimum Gasteiger partial charge on any atom is -0.467 e. The molecule has 6 heteroatoms. The van der Waals surface area contributed by atoms with E-state index in [1.807, 2.05) is 0 Å². The van der Waals surface area contributed by atoms with Crippen molar-refractivity contribution in [2.45, 2.75) is 38.8 Å². The van der Waals surface area contributed by atoms with Crippen LogP contribution in [0.4, 0.5) is 4.79 Å². The van der Waals surface area contributed by atoms with Crippen LogP contribution >= 0.6 is 15.9 Å². The Morgan fingerprint density at radius 1 is 1.41 bits per heavy atom. The Bertz CT molecular complexity index is 309. The lowest BCUT2D eigenvalue weighted by atomic mass is 10.2. The van der Waals surface area contributed by atoms with Gasteiger partial charge in [-0.15, -0.1) is 0 Å². The number of nitrogens with one attached hydrogen (secondary N) is 1. The fraction of sp³-hybridized carbons (Fsp3) is 0.636. The first-order valence-corrected chi connectivity index (χ1v) is 5.85. The van der Waals surface area contributed by atoms with Crippen molar-refractivity contribution in [2.24, 2.45) is 0 Å². The summed E-state index contributed by atoms with van der Waals surface area (Å²) >= 11 is 3.13. The lowest BCUT2D eigenvalue weighted by molar-refractivity contribution is -0.143. The average molecular weight is 308 g/mol. The Balaban J connectivity index is 4.48. The van der Waals surface area contributed by atoms with Crippen LogP contribution in [0.1, 0.15) is 27.2 Å². The third-order valence-corrected chi connectivity index (χ3v) is 1.93. The molecule has 0 rings (SSSR count). The number of ether oxygens (including phenoxy) is 2. The maximum atomic E-state index is 11.5. The van der Waals surface area contributed by atoms with E-state index in [9.17, 15) is 9.59 Å². The van der Waals surface area contributed by atoms with Gasteiger partial charge in [0, 0.05) is 6.42 Å². The quantitative estimate of drug-likeness (QED) is 0.810. The highest BCUT2D eigenvalue weighted by molar-refractivity contribution is 9.11. The second-order valence-electron chi connectivity index (χ2n) is 4.44. The molecule has 0 unspecified atom stereocenters. The molecule has 0 aromatic rings. The van der Waals surface area contributed by atoms with Crippen molar-refractivity contribution in [3.8, 4) is 0 Å². The van der Waals surface area contributed by atoms with Gasteiger partial charge in [0.05, 0.1) is 7.11 Å². The van der Waals surface area contributed by atoms with E-state index in [2.05, 4.69) is 32.6 Å². The zero-order valence-corrected chi connectivity index (χ0v) is 12.1. The monoisotopic (exact) mass is 307 g/mol. The van der Waals surface area contributed by atoms with E-state index in [-0.39, 0.29) is 6.42 Å². The SMILES string of the molecule is C=C(Br)C[C@H](NC(=O)OC(C)(C)C)C(=O)OC. The highest BCUT2D eigenvalue weighted by Gasteiger charge is 2.25. The molecule has 1 N–H and O–H groups in total. The largest absolute Gasteiger partial charge is 0.467 e. The van der Waals surface area contributed by atoms with Crippen LogP contribution in [0, 0.1) is 0 Å². The molecule has 0 aliphatic rings. The second kappa shape index (κ2) is 6.64. The highest BCUT2D eigenvalue weighted by atomic mass is 79.9. The number of amides is 1. The van der Waals surface area contributed by atoms with Crippen LogP contribution in [0.5, 0.6) is 0 Å². The molecule has 0 bridgehead atoms. The Kier molecular flexibility index (Phi) is 6.23. The highest BCUT2D eigenvalue weighted by Crippen LogP contribution is 2.12. The molecule has 1 atom stereocenters. The first-order valence-electron chi connectivity index (χ1n) is 5.06. The van der Waals surface area contributed by atoms with Crippen molar-refractivity contribution in [1.82, 2.24) is 5.32 Å². The minimum absolute atomic E-state index is 0.242. The maximum Gasteiger partial charge on any atom is 0.408 e. The smallest absolute Gasteiger partial charge is 0.408 e. The summed E-state index contributed by atoms with van der Waals surface area (Å²) in [5.41, 5.74) is -0.615. The van der Waals surface area contributed by atoms with Gasteiger partial charge in [0.2, 0.25) is 0 Å². The normalized spacial score (nSPS) is 12.5. The maximum absolute atomic E-state index is 11.5. The van der Waals surface area contributed by atoms with Crippen LogP contribution in [0.25, 0.3) is 0 Å². The fourth-order valence-corrected chi connectivity index (χ4v) is 1.33. The molecule has 98 valence electrons. The number of methoxy groups -OCH3 is 1. The molecule has 0 aliphatic carbocycles. The molecule has 0 spiro atoms. The average Bonchev–Trinajstić information content (AvgIpc) is 2.11. The summed E-state index contributed by atoms with van der Waals surface area (Å²) in [5, 5.41) is 2.43. The number of rotatable bonds is 4. The Morgan fingerprint density at radius 3 is 2.29 bits per heavy atom. The van der Waals surface area contributed by atoms with E-state index in [1.54, 1.807) is 20.8 Å². The summed E-state index contributed by atoms with van der Waals surface area (Å²) in [6.45, 7) is 8.83. The van der Waals surface area contributed by atoms with Gasteiger partial charge in [-0.25, -0.2) is 9.59 Å². The van der Waals surface area contributed by atoms with Gasteiger partial charge in [0.25, 0.3) is 0 Å². The molecular weight excluding hydrogens is 290 g/mol. The molecule has 0 radical (unpaired) electrons. The topological polar surface area (TPSA) is 64.6 Å². The van der Waals surface area contributed by atoms with Crippen molar-refractivity contribution in [1.29, 1.82) is 0 Å². The fourth-order valence-electron chi connectivity index (χ4n) is 1.01. The summed E-state index contributed by atoms with van der Waals surface area (Å²) in [5.74, 6) is -0.545. The van der Waals surface area contributed by atoms with Gasteiger partial charge >= 0.3 is 12.1 Å². The summed E-state index contributed by atoms with van der Waals surface area (Å²) in [6, 6.07) is -0.804. The lowest BCUT2D eigenvalue weighted by Gasteiger charge is -2.22. The van der Waals surface area contributed by atoms with Crippen molar-refractivity contribution in [3.05, 3.63) is 11.1 Å². The van der Waals surface area contributed by atoms with Gasteiger partial charge in [-0.05, 0) is 25.3 Å². The summed E-state index contributed by atoms with van der Waals surface area (Å²) < 4.78 is 10.2. The molecule has 0 aromatic heterocycles. The van der Waals surface area contributed by atoms with Crippen molar-refractivity contribution in [3.63, 3.8) is 0 Å². The molecule has 0 saturated carbocycles. The van der Waals surface area contributed by atoms with Crippen LogP contribution in [-0.2, 0) is 14.3 Å². The number of carbonyl (C=O) groups excluding carboxylic acids is 2. The van der Waals surface area contributed by atoms with Gasteiger partial charge in [-0.2, -0.15) is 0 Å². The summed E-state index contributed by atoms with van der Waals surface area (Å²) in [6.07, 6.45) is -0.423. The Labute approximate surface area is 110 Å². The first kappa shape index (κ1) is 16.0. The van der Waals surface area contributed by atoms with Crippen LogP contribution in [0.3, 0.4) is 0 Å². The third kappa shape index (κ3) is 7.79. The number of carbonyl (C=O) groups is 2. The van der Waals surface area contributed by atoms with Crippen molar-refractivity contribution < 1.29 is 19.1 Å². The van der Waals surface area contributed by atoms with E-state index in [0.717, 1.165) is 0 Å². The molecule has 17 heavy (non-hydrogen) atoms. The first-order chi connectivity index (χ1) is 7.65. The molecule has 0 aromatic carbocycles. The van der Waals surface area contributed by atoms with Crippen LogP contribution in [0.15, 0.2) is 11.1 Å². The van der Waals surface area contributed by atoms with Crippen molar-refractivity contribution in [2.75, 3.05) is 7.11 Å². The second-order valence-corrected chi connectivity index (χ2v) is 5.56. The predicted octanol–water partition coefficient (Wildman–Crippen LogP) is 2.35. The van der Waals surface area contributed by atoms with Gasteiger partial charge in [-0.3, -0.25) is 0 Å². The molecule has 0 saturated heterocycles. The molecule has 1 amide bonds. The standard InChI is InChI=1S/C11H18BrNO4/c1-7(12)6-8(9(14)16-5)13-10(15)17-11(2,3)4/h8H,1,6H2,2-5H3,(H,13,15)/t8-/m0/s1.